The van der Waals surface area contributed by atoms with E-state index in [1.54, 1.807) is 0 Å². The van der Waals surface area contributed by atoms with Gasteiger partial charge in [0.25, 0.3) is 11.5 Å². The van der Waals surface area contributed by atoms with Crippen LogP contribution in [0.3, 0.4) is 0 Å². The summed E-state index contributed by atoms with van der Waals surface area (Å²) in [6.07, 6.45) is 0.210. The Hall–Kier alpha value is -3.36. The molecule has 1 saturated heterocycles. The van der Waals surface area contributed by atoms with Crippen molar-refractivity contribution in [3.05, 3.63) is 57.8 Å². The van der Waals surface area contributed by atoms with Crippen LogP contribution in [0.4, 0.5) is 4.79 Å². The van der Waals surface area contributed by atoms with E-state index < -0.39 is 23.3 Å². The van der Waals surface area contributed by atoms with E-state index in [-0.39, 0.29) is 30.5 Å². The zero-order valence-electron chi connectivity index (χ0n) is 14.5. The first-order chi connectivity index (χ1) is 13.0. The number of rotatable bonds is 4. The van der Waals surface area contributed by atoms with Crippen LogP contribution < -0.4 is 10.9 Å². The van der Waals surface area contributed by atoms with E-state index >= 15 is 0 Å². The Bertz CT molecular complexity index is 896. The molecule has 0 spiro atoms. The van der Waals surface area contributed by atoms with Crippen molar-refractivity contribution >= 4 is 12.0 Å². The first-order valence-electron chi connectivity index (χ1n) is 8.59. The molecule has 1 unspecified atom stereocenters. The Morgan fingerprint density at radius 1 is 1.30 bits per heavy atom. The number of aromatic nitrogens is 2. The minimum Gasteiger partial charge on any atom is -0.501 e. The average molecular weight is 372 g/mol. The van der Waals surface area contributed by atoms with Crippen LogP contribution >= 0.6 is 0 Å². The van der Waals surface area contributed by atoms with Crippen LogP contribution in [-0.4, -0.2) is 50.2 Å². The van der Waals surface area contributed by atoms with Crippen LogP contribution in [0.5, 0.6) is 5.75 Å². The number of benzene rings is 1. The second-order valence-corrected chi connectivity index (χ2v) is 6.38. The van der Waals surface area contributed by atoms with Crippen LogP contribution in [-0.2, 0) is 6.54 Å². The molecule has 2 amide bonds. The Balaban J connectivity index is 1.80. The molecule has 0 saturated carbocycles. The van der Waals surface area contributed by atoms with Gasteiger partial charge in [-0.2, -0.15) is 0 Å². The summed E-state index contributed by atoms with van der Waals surface area (Å²) in [5.74, 6) is -1.57. The Kier molecular flexibility index (Phi) is 5.39. The molecule has 1 aliphatic rings. The van der Waals surface area contributed by atoms with Crippen molar-refractivity contribution in [3.8, 4) is 5.75 Å². The lowest BCUT2D eigenvalue weighted by Crippen LogP contribution is -2.39. The first-order valence-corrected chi connectivity index (χ1v) is 8.59. The standard InChI is InChI=1S/C18H20N4O5/c23-14-13(16(24)19-9-11-5-2-1-3-6-11)20-15(21-17(14)25)12-7-4-8-22(10-12)18(26)27/h1-3,5-6,12,23H,4,7-10H2,(H,19,24)(H,26,27)(H,20,21,25). The molecule has 0 radical (unpaired) electrons. The molecular weight excluding hydrogens is 352 g/mol. The minimum atomic E-state index is -1.04. The number of carbonyl (C=O) groups is 2. The second-order valence-electron chi connectivity index (χ2n) is 6.38. The molecule has 1 atom stereocenters. The average Bonchev–Trinajstić information content (AvgIpc) is 2.69. The van der Waals surface area contributed by atoms with Crippen LogP contribution in [0.2, 0.25) is 0 Å². The van der Waals surface area contributed by atoms with E-state index in [4.69, 9.17) is 5.11 Å². The van der Waals surface area contributed by atoms with Gasteiger partial charge in [-0.05, 0) is 18.4 Å². The third-order valence-corrected chi connectivity index (χ3v) is 4.50. The number of aromatic amines is 1. The minimum absolute atomic E-state index is 0.175. The maximum absolute atomic E-state index is 12.4. The summed E-state index contributed by atoms with van der Waals surface area (Å²) in [5, 5.41) is 21.7. The van der Waals surface area contributed by atoms with Gasteiger partial charge in [0.1, 0.15) is 5.82 Å². The highest BCUT2D eigenvalue weighted by atomic mass is 16.4. The van der Waals surface area contributed by atoms with Gasteiger partial charge < -0.3 is 25.4 Å². The summed E-state index contributed by atoms with van der Waals surface area (Å²) in [5.41, 5.74) is -0.325. The van der Waals surface area contributed by atoms with Crippen LogP contribution in [0, 0.1) is 0 Å². The Morgan fingerprint density at radius 3 is 2.74 bits per heavy atom. The summed E-state index contributed by atoms with van der Waals surface area (Å²) < 4.78 is 0. The van der Waals surface area contributed by atoms with Crippen molar-refractivity contribution in [1.29, 1.82) is 0 Å². The van der Waals surface area contributed by atoms with Crippen molar-refractivity contribution in [1.82, 2.24) is 20.2 Å². The number of nitrogens with one attached hydrogen (secondary N) is 2. The molecule has 0 aliphatic carbocycles. The maximum Gasteiger partial charge on any atom is 0.407 e. The van der Waals surface area contributed by atoms with Gasteiger partial charge in [0, 0.05) is 25.6 Å². The monoisotopic (exact) mass is 372 g/mol. The molecule has 1 fully saturated rings. The van der Waals surface area contributed by atoms with Gasteiger partial charge in [-0.15, -0.1) is 0 Å². The Labute approximate surface area is 154 Å². The molecule has 2 heterocycles. The van der Waals surface area contributed by atoms with Gasteiger partial charge in [-0.1, -0.05) is 30.3 Å². The number of aromatic hydroxyl groups is 1. The topological polar surface area (TPSA) is 136 Å². The lowest BCUT2D eigenvalue weighted by Gasteiger charge is -2.30. The largest absolute Gasteiger partial charge is 0.501 e. The van der Waals surface area contributed by atoms with E-state index in [9.17, 15) is 19.5 Å². The SMILES string of the molecule is O=C(NCc1ccccc1)c1nc(C2CCCN(C(=O)O)C2)[nH]c(=O)c1O. The Morgan fingerprint density at radius 2 is 2.04 bits per heavy atom. The molecule has 27 heavy (non-hydrogen) atoms. The number of piperidine rings is 1. The quantitative estimate of drug-likeness (QED) is 0.638. The van der Waals surface area contributed by atoms with Gasteiger partial charge in [0.15, 0.2) is 5.69 Å². The molecule has 9 nitrogen and oxygen atoms in total. The maximum atomic E-state index is 12.4. The zero-order chi connectivity index (χ0) is 19.4. The highest BCUT2D eigenvalue weighted by molar-refractivity contribution is 5.94. The van der Waals surface area contributed by atoms with E-state index in [0.29, 0.717) is 19.4 Å². The van der Waals surface area contributed by atoms with Crippen molar-refractivity contribution in [3.63, 3.8) is 0 Å². The molecule has 0 bridgehead atoms. The van der Waals surface area contributed by atoms with E-state index in [2.05, 4.69) is 15.3 Å². The lowest BCUT2D eigenvalue weighted by molar-refractivity contribution is 0.0940. The number of hydrogen-bond acceptors (Lipinski definition) is 5. The fourth-order valence-electron chi connectivity index (χ4n) is 3.07. The van der Waals surface area contributed by atoms with Gasteiger partial charge in [0.2, 0.25) is 5.75 Å². The third kappa shape index (κ3) is 4.25. The number of nitrogens with zero attached hydrogens (tertiary/aromatic N) is 2. The fourth-order valence-corrected chi connectivity index (χ4v) is 3.07. The van der Waals surface area contributed by atoms with Gasteiger partial charge in [-0.25, -0.2) is 9.78 Å². The predicted molar refractivity (Wildman–Crippen MR) is 95.7 cm³/mol. The number of carbonyl (C=O) groups excluding carboxylic acids is 1. The number of carboxylic acid groups (broad SMARTS) is 1. The molecule has 9 heteroatoms. The highest BCUT2D eigenvalue weighted by Gasteiger charge is 2.28. The molecule has 1 aromatic carbocycles. The zero-order valence-corrected chi connectivity index (χ0v) is 14.5. The molecule has 2 aromatic rings. The van der Waals surface area contributed by atoms with E-state index in [1.165, 1.54) is 4.90 Å². The number of amides is 2. The summed E-state index contributed by atoms with van der Waals surface area (Å²) in [6, 6.07) is 9.19. The fraction of sp³-hybridized carbons (Fsp3) is 0.333. The van der Waals surface area contributed by atoms with Gasteiger partial charge in [-0.3, -0.25) is 9.59 Å². The number of likely N-dealkylation sites (tertiary alicyclic amines) is 1. The third-order valence-electron chi connectivity index (χ3n) is 4.50. The summed E-state index contributed by atoms with van der Waals surface area (Å²) >= 11 is 0. The molecule has 1 aliphatic heterocycles. The van der Waals surface area contributed by atoms with Crippen molar-refractivity contribution in [2.45, 2.75) is 25.3 Å². The number of hydrogen-bond donors (Lipinski definition) is 4. The van der Waals surface area contributed by atoms with Crippen molar-refractivity contribution < 1.29 is 19.8 Å². The van der Waals surface area contributed by atoms with Crippen molar-refractivity contribution in [2.24, 2.45) is 0 Å². The van der Waals surface area contributed by atoms with Crippen LogP contribution in [0.1, 0.15) is 40.6 Å². The molecular formula is C18H20N4O5. The summed E-state index contributed by atoms with van der Waals surface area (Å²) in [4.78, 5) is 43.5. The summed E-state index contributed by atoms with van der Waals surface area (Å²) in [7, 11) is 0. The highest BCUT2D eigenvalue weighted by Crippen LogP contribution is 2.25. The van der Waals surface area contributed by atoms with Crippen LogP contribution in [0.15, 0.2) is 35.1 Å². The summed E-state index contributed by atoms with van der Waals surface area (Å²) in [6.45, 7) is 0.811. The number of H-pyrrole nitrogens is 1. The smallest absolute Gasteiger partial charge is 0.407 e. The molecule has 142 valence electrons. The predicted octanol–water partition coefficient (Wildman–Crippen LogP) is 1.26. The molecule has 4 N–H and O–H groups in total. The first kappa shape index (κ1) is 18.4. The van der Waals surface area contributed by atoms with E-state index in [1.807, 2.05) is 30.3 Å². The molecule has 1 aromatic heterocycles. The van der Waals surface area contributed by atoms with Gasteiger partial charge in [0.05, 0.1) is 0 Å². The van der Waals surface area contributed by atoms with Crippen LogP contribution in [0.25, 0.3) is 0 Å². The normalized spacial score (nSPS) is 16.7. The van der Waals surface area contributed by atoms with E-state index in [0.717, 1.165) is 5.56 Å². The van der Waals surface area contributed by atoms with Gasteiger partial charge >= 0.3 is 6.09 Å². The second kappa shape index (κ2) is 7.90. The molecule has 3 rings (SSSR count). The van der Waals surface area contributed by atoms with Crippen molar-refractivity contribution in [2.75, 3.05) is 13.1 Å². The lowest BCUT2D eigenvalue weighted by atomic mass is 9.97.